The van der Waals surface area contributed by atoms with Crippen molar-refractivity contribution in [1.29, 1.82) is 0 Å². The van der Waals surface area contributed by atoms with E-state index in [1.807, 2.05) is 24.3 Å². The summed E-state index contributed by atoms with van der Waals surface area (Å²) in [6, 6.07) is 9.81. The van der Waals surface area contributed by atoms with Gasteiger partial charge in [-0.2, -0.15) is 0 Å². The highest BCUT2D eigenvalue weighted by Crippen LogP contribution is 2.25. The average molecular weight is 350 g/mol. The first-order valence-corrected chi connectivity index (χ1v) is 7.06. The Morgan fingerprint density at radius 2 is 1.90 bits per heavy atom. The van der Waals surface area contributed by atoms with Crippen LogP contribution < -0.4 is 0 Å². The number of benzene rings is 2. The number of carbonyl (C=O) groups is 1. The molecule has 0 unspecified atom stereocenters. The van der Waals surface area contributed by atoms with Crippen molar-refractivity contribution in [2.75, 3.05) is 0 Å². The zero-order valence-corrected chi connectivity index (χ0v) is 12.4. The quantitative estimate of drug-likeness (QED) is 0.502. The van der Waals surface area contributed by atoms with Crippen LogP contribution in [0.3, 0.4) is 0 Å². The third kappa shape index (κ3) is 2.38. The van der Waals surface area contributed by atoms with Crippen LogP contribution in [0.15, 0.2) is 47.1 Å². The van der Waals surface area contributed by atoms with Crippen LogP contribution >= 0.6 is 15.9 Å². The summed E-state index contributed by atoms with van der Waals surface area (Å²) >= 11 is 3.06. The number of nitrogens with zero attached hydrogens (tertiary/aromatic N) is 1. The van der Waals surface area contributed by atoms with Gasteiger partial charge in [0.2, 0.25) is 0 Å². The normalized spacial score (nSPS) is 11.0. The molecule has 0 aliphatic heterocycles. The highest BCUT2D eigenvalue weighted by molar-refractivity contribution is 9.10. The van der Waals surface area contributed by atoms with Crippen LogP contribution in [0.4, 0.5) is 8.78 Å². The van der Waals surface area contributed by atoms with Gasteiger partial charge in [0.25, 0.3) is 0 Å². The van der Waals surface area contributed by atoms with Crippen LogP contribution in [-0.2, 0) is 6.54 Å². The Bertz CT molecular complexity index is 842. The van der Waals surface area contributed by atoms with Gasteiger partial charge in [0.05, 0.1) is 11.0 Å². The zero-order valence-electron chi connectivity index (χ0n) is 10.8. The fourth-order valence-electron chi connectivity index (χ4n) is 2.38. The number of fused-ring (bicyclic) bond motifs is 1. The van der Waals surface area contributed by atoms with Gasteiger partial charge in [-0.25, -0.2) is 8.78 Å². The van der Waals surface area contributed by atoms with E-state index in [1.54, 1.807) is 10.8 Å². The van der Waals surface area contributed by atoms with Crippen LogP contribution in [0.5, 0.6) is 0 Å². The van der Waals surface area contributed by atoms with Gasteiger partial charge in [0.15, 0.2) is 6.29 Å². The monoisotopic (exact) mass is 349 g/mol. The molecule has 1 heterocycles. The fraction of sp³-hybridized carbons (Fsp3) is 0.0625. The van der Waals surface area contributed by atoms with Gasteiger partial charge in [0.1, 0.15) is 11.6 Å². The minimum atomic E-state index is -0.625. The minimum absolute atomic E-state index is 0.0193. The second-order valence-corrected chi connectivity index (χ2v) is 5.52. The lowest BCUT2D eigenvalue weighted by atomic mass is 10.2. The van der Waals surface area contributed by atoms with Crippen molar-refractivity contribution < 1.29 is 13.6 Å². The van der Waals surface area contributed by atoms with Crippen molar-refractivity contribution in [2.45, 2.75) is 6.54 Å². The van der Waals surface area contributed by atoms with Crippen LogP contribution in [0.25, 0.3) is 10.9 Å². The van der Waals surface area contributed by atoms with Crippen LogP contribution in [0.1, 0.15) is 15.9 Å². The van der Waals surface area contributed by atoms with Crippen molar-refractivity contribution in [1.82, 2.24) is 4.57 Å². The van der Waals surface area contributed by atoms with E-state index in [-0.39, 0.29) is 16.6 Å². The van der Waals surface area contributed by atoms with E-state index >= 15 is 0 Å². The smallest absolute Gasteiger partial charge is 0.152 e. The summed E-state index contributed by atoms with van der Waals surface area (Å²) in [5.74, 6) is -1.23. The molecule has 0 amide bonds. The first-order valence-electron chi connectivity index (χ1n) is 6.27. The molecule has 2 aromatic carbocycles. The first-order chi connectivity index (χ1) is 10.1. The standard InChI is InChI=1S/C16H10BrF2NO/c17-13-5-6-14(18)12(16(13)19)8-20-7-10(9-21)11-3-1-2-4-15(11)20/h1-7,9H,8H2. The minimum Gasteiger partial charge on any atom is -0.342 e. The molecule has 0 radical (unpaired) electrons. The number of rotatable bonds is 3. The number of para-hydroxylation sites is 1. The number of hydrogen-bond donors (Lipinski definition) is 0. The SMILES string of the molecule is O=Cc1cn(Cc2c(F)ccc(Br)c2F)c2ccccc12. The number of hydrogen-bond acceptors (Lipinski definition) is 1. The first kappa shape index (κ1) is 13.9. The second-order valence-electron chi connectivity index (χ2n) is 4.67. The molecule has 1 aromatic heterocycles. The van der Waals surface area contributed by atoms with Gasteiger partial charge in [-0.1, -0.05) is 18.2 Å². The van der Waals surface area contributed by atoms with Crippen molar-refractivity contribution in [3.63, 3.8) is 0 Å². The van der Waals surface area contributed by atoms with Gasteiger partial charge in [-0.15, -0.1) is 0 Å². The van der Waals surface area contributed by atoms with E-state index in [2.05, 4.69) is 15.9 Å². The van der Waals surface area contributed by atoms with E-state index in [9.17, 15) is 13.6 Å². The molecule has 0 bridgehead atoms. The lowest BCUT2D eigenvalue weighted by molar-refractivity contribution is 0.112. The predicted molar refractivity (Wildman–Crippen MR) is 80.5 cm³/mol. The Labute approximate surface area is 128 Å². The third-order valence-electron chi connectivity index (χ3n) is 3.41. The molecule has 0 saturated carbocycles. The number of aldehydes is 1. The van der Waals surface area contributed by atoms with Crippen molar-refractivity contribution >= 4 is 33.1 Å². The number of aromatic nitrogens is 1. The highest BCUT2D eigenvalue weighted by Gasteiger charge is 2.15. The zero-order chi connectivity index (χ0) is 15.0. The molecule has 21 heavy (non-hydrogen) atoms. The molecule has 0 aliphatic rings. The Morgan fingerprint density at radius 3 is 2.67 bits per heavy atom. The van der Waals surface area contributed by atoms with Gasteiger partial charge < -0.3 is 4.57 Å². The summed E-state index contributed by atoms with van der Waals surface area (Å²) in [4.78, 5) is 11.1. The summed E-state index contributed by atoms with van der Waals surface area (Å²) in [5.41, 5.74) is 1.22. The summed E-state index contributed by atoms with van der Waals surface area (Å²) in [5, 5.41) is 0.767. The Balaban J connectivity index is 2.15. The second kappa shape index (κ2) is 5.41. The molecule has 5 heteroatoms. The molecule has 0 atom stereocenters. The maximum atomic E-state index is 14.1. The Hall–Kier alpha value is -2.01. The molecule has 0 spiro atoms. The molecule has 0 aliphatic carbocycles. The molecule has 3 rings (SSSR count). The fourth-order valence-corrected chi connectivity index (χ4v) is 2.76. The molecule has 0 fully saturated rings. The van der Waals surface area contributed by atoms with E-state index in [0.29, 0.717) is 5.56 Å². The molecule has 0 saturated heterocycles. The van der Waals surface area contributed by atoms with E-state index in [4.69, 9.17) is 0 Å². The maximum absolute atomic E-state index is 14.1. The summed E-state index contributed by atoms with van der Waals surface area (Å²) in [6.07, 6.45) is 2.35. The summed E-state index contributed by atoms with van der Waals surface area (Å²) < 4.78 is 29.8. The molecule has 3 aromatic rings. The summed E-state index contributed by atoms with van der Waals surface area (Å²) in [6.45, 7) is 0.0193. The average Bonchev–Trinajstić information content (AvgIpc) is 2.86. The number of carbonyl (C=O) groups excluding carboxylic acids is 1. The lowest BCUT2D eigenvalue weighted by Gasteiger charge is -2.09. The van der Waals surface area contributed by atoms with E-state index < -0.39 is 11.6 Å². The van der Waals surface area contributed by atoms with Gasteiger partial charge in [0, 0.05) is 28.2 Å². The van der Waals surface area contributed by atoms with Crippen molar-refractivity contribution in [2.24, 2.45) is 0 Å². The Morgan fingerprint density at radius 1 is 1.14 bits per heavy atom. The molecular weight excluding hydrogens is 340 g/mol. The topological polar surface area (TPSA) is 22.0 Å². The van der Waals surface area contributed by atoms with Crippen molar-refractivity contribution in [3.05, 3.63) is 69.8 Å². The van der Waals surface area contributed by atoms with Gasteiger partial charge in [-0.3, -0.25) is 4.79 Å². The molecule has 2 nitrogen and oxygen atoms in total. The van der Waals surface area contributed by atoms with Crippen LogP contribution in [-0.4, -0.2) is 10.9 Å². The van der Waals surface area contributed by atoms with Crippen LogP contribution in [0, 0.1) is 11.6 Å². The van der Waals surface area contributed by atoms with Gasteiger partial charge in [-0.05, 0) is 34.1 Å². The summed E-state index contributed by atoms with van der Waals surface area (Å²) in [7, 11) is 0. The molecule has 0 N–H and O–H groups in total. The van der Waals surface area contributed by atoms with Crippen LogP contribution in [0.2, 0.25) is 0 Å². The highest BCUT2D eigenvalue weighted by atomic mass is 79.9. The van der Waals surface area contributed by atoms with Crippen molar-refractivity contribution in [3.8, 4) is 0 Å². The van der Waals surface area contributed by atoms with Gasteiger partial charge >= 0.3 is 0 Å². The lowest BCUT2D eigenvalue weighted by Crippen LogP contribution is -2.04. The Kier molecular flexibility index (Phi) is 3.59. The molecule has 106 valence electrons. The largest absolute Gasteiger partial charge is 0.342 e. The maximum Gasteiger partial charge on any atom is 0.152 e. The predicted octanol–water partition coefficient (Wildman–Crippen LogP) is 4.54. The van der Waals surface area contributed by atoms with E-state index in [1.165, 1.54) is 12.1 Å². The third-order valence-corrected chi connectivity index (χ3v) is 4.03. The number of halogens is 3. The van der Waals surface area contributed by atoms with E-state index in [0.717, 1.165) is 17.2 Å². The molecular formula is C16H10BrF2NO.